The summed E-state index contributed by atoms with van der Waals surface area (Å²) in [5, 5.41) is 13.6. The van der Waals surface area contributed by atoms with Crippen LogP contribution in [0.3, 0.4) is 0 Å². The number of nitrogens with zero attached hydrogens (tertiary/aromatic N) is 3. The van der Waals surface area contributed by atoms with Gasteiger partial charge >= 0.3 is 0 Å². The number of carbonyl (C=O) groups excluding carboxylic acids is 1. The van der Waals surface area contributed by atoms with Crippen LogP contribution < -0.4 is 0 Å². The number of hydrogen-bond donors (Lipinski definition) is 0. The molecule has 1 saturated heterocycles. The Balaban J connectivity index is 1.63. The molecule has 0 saturated carbocycles. The van der Waals surface area contributed by atoms with Gasteiger partial charge in [0.15, 0.2) is 5.17 Å². The summed E-state index contributed by atoms with van der Waals surface area (Å²) in [6.07, 6.45) is 3.56. The molecule has 1 aliphatic heterocycles. The van der Waals surface area contributed by atoms with Crippen LogP contribution in [-0.2, 0) is 11.3 Å². The largest absolute Gasteiger partial charge is 0.284 e. The third-order valence-electron chi connectivity index (χ3n) is 4.65. The van der Waals surface area contributed by atoms with Crippen LogP contribution in [-0.4, -0.2) is 27.4 Å². The molecular formula is C22H21N3OS2. The predicted octanol–water partition coefficient (Wildman–Crippen LogP) is 5.54. The van der Waals surface area contributed by atoms with E-state index in [2.05, 4.69) is 41.4 Å². The number of thioether (sulfide) groups is 1. The van der Waals surface area contributed by atoms with E-state index in [0.29, 0.717) is 11.7 Å². The zero-order valence-corrected chi connectivity index (χ0v) is 17.2. The van der Waals surface area contributed by atoms with E-state index in [-0.39, 0.29) is 11.2 Å². The summed E-state index contributed by atoms with van der Waals surface area (Å²) >= 11 is 3.14. The van der Waals surface area contributed by atoms with E-state index in [0.717, 1.165) is 23.3 Å². The second-order valence-electron chi connectivity index (χ2n) is 6.60. The molecule has 0 aliphatic carbocycles. The Hall–Kier alpha value is -2.44. The third-order valence-corrected chi connectivity index (χ3v) is 6.69. The summed E-state index contributed by atoms with van der Waals surface area (Å²) < 4.78 is 0. The van der Waals surface area contributed by atoms with Gasteiger partial charge < -0.3 is 0 Å². The minimum atomic E-state index is -0.0735. The van der Waals surface area contributed by atoms with Crippen LogP contribution in [0.1, 0.15) is 30.2 Å². The number of fused-ring (bicyclic) bond motifs is 1. The van der Waals surface area contributed by atoms with Crippen LogP contribution in [0.15, 0.2) is 70.2 Å². The zero-order chi connectivity index (χ0) is 19.3. The average Bonchev–Trinajstić information content (AvgIpc) is 3.33. The Morgan fingerprint density at radius 2 is 1.96 bits per heavy atom. The van der Waals surface area contributed by atoms with Crippen LogP contribution in [0.5, 0.6) is 0 Å². The maximum Gasteiger partial charge on any atom is 0.242 e. The van der Waals surface area contributed by atoms with Gasteiger partial charge in [0.2, 0.25) is 5.91 Å². The Morgan fingerprint density at radius 1 is 1.11 bits per heavy atom. The van der Waals surface area contributed by atoms with Crippen LogP contribution in [0, 0.1) is 0 Å². The topological polar surface area (TPSA) is 45.0 Å². The van der Waals surface area contributed by atoms with Gasteiger partial charge in [0.1, 0.15) is 0 Å². The maximum atomic E-state index is 13.0. The maximum absolute atomic E-state index is 13.0. The van der Waals surface area contributed by atoms with Gasteiger partial charge in [-0.3, -0.25) is 9.69 Å². The SMILES string of the molecule is CCC[C@H]1S/C(=N\N=C/c2cccs2)N(Cc2cccc3ccccc23)C1=O. The molecule has 4 rings (SSSR count). The van der Waals surface area contributed by atoms with Crippen molar-refractivity contribution in [3.63, 3.8) is 0 Å². The Morgan fingerprint density at radius 3 is 2.79 bits per heavy atom. The lowest BCUT2D eigenvalue weighted by atomic mass is 10.0. The number of hydrogen-bond acceptors (Lipinski definition) is 5. The quantitative estimate of drug-likeness (QED) is 0.398. The molecule has 0 bridgehead atoms. The molecule has 2 heterocycles. The first-order chi connectivity index (χ1) is 13.8. The van der Waals surface area contributed by atoms with Gasteiger partial charge in [0, 0.05) is 4.88 Å². The van der Waals surface area contributed by atoms with E-state index in [1.54, 1.807) is 22.5 Å². The first-order valence-electron chi connectivity index (χ1n) is 9.35. The summed E-state index contributed by atoms with van der Waals surface area (Å²) in [7, 11) is 0. The van der Waals surface area contributed by atoms with Crippen molar-refractivity contribution < 1.29 is 4.79 Å². The number of rotatable bonds is 6. The molecule has 0 radical (unpaired) electrons. The molecule has 28 heavy (non-hydrogen) atoms. The van der Waals surface area contributed by atoms with Gasteiger partial charge in [-0.15, -0.1) is 16.4 Å². The van der Waals surface area contributed by atoms with Crippen molar-refractivity contribution in [1.82, 2.24) is 4.90 Å². The summed E-state index contributed by atoms with van der Waals surface area (Å²) in [6.45, 7) is 2.62. The van der Waals surface area contributed by atoms with Gasteiger partial charge in [0.25, 0.3) is 0 Å². The summed E-state index contributed by atoms with van der Waals surface area (Å²) in [6, 6.07) is 18.5. The summed E-state index contributed by atoms with van der Waals surface area (Å²) in [5.74, 6) is 0.129. The number of amidine groups is 1. The van der Waals surface area contributed by atoms with Crippen molar-refractivity contribution >= 4 is 51.2 Å². The summed E-state index contributed by atoms with van der Waals surface area (Å²) in [5.41, 5.74) is 1.12. The van der Waals surface area contributed by atoms with Crippen LogP contribution in [0.25, 0.3) is 10.8 Å². The number of benzene rings is 2. The molecule has 3 aromatic rings. The highest BCUT2D eigenvalue weighted by atomic mass is 32.2. The molecule has 1 atom stereocenters. The zero-order valence-electron chi connectivity index (χ0n) is 15.6. The fourth-order valence-electron chi connectivity index (χ4n) is 3.28. The number of carbonyl (C=O) groups is 1. The molecule has 142 valence electrons. The molecule has 1 aliphatic rings. The van der Waals surface area contributed by atoms with Crippen molar-refractivity contribution in [2.75, 3.05) is 0 Å². The first kappa shape index (κ1) is 18.9. The van der Waals surface area contributed by atoms with Crippen molar-refractivity contribution in [1.29, 1.82) is 0 Å². The molecule has 0 spiro atoms. The lowest BCUT2D eigenvalue weighted by Gasteiger charge is -2.17. The van der Waals surface area contributed by atoms with Crippen LogP contribution in [0.4, 0.5) is 0 Å². The van der Waals surface area contributed by atoms with E-state index in [1.807, 2.05) is 35.7 Å². The van der Waals surface area contributed by atoms with Crippen LogP contribution in [0.2, 0.25) is 0 Å². The molecule has 2 aromatic carbocycles. The molecular weight excluding hydrogens is 386 g/mol. The minimum absolute atomic E-state index is 0.0735. The molecule has 0 N–H and O–H groups in total. The standard InChI is InChI=1S/C22H21N3OS2/c1-2-7-20-21(26)25(22(28-20)24-23-14-18-11-6-13-27-18)15-17-10-5-9-16-8-3-4-12-19(16)17/h3-6,8-14,20H,2,7,15H2,1H3/b23-14-,24-22-/t20-/m1/s1. The van der Waals surface area contributed by atoms with Crippen LogP contribution >= 0.6 is 23.1 Å². The molecule has 1 aromatic heterocycles. The first-order valence-corrected chi connectivity index (χ1v) is 11.1. The van der Waals surface area contributed by atoms with E-state index < -0.39 is 0 Å². The van der Waals surface area contributed by atoms with Crippen molar-refractivity contribution in [3.8, 4) is 0 Å². The van der Waals surface area contributed by atoms with E-state index in [4.69, 9.17) is 0 Å². The Kier molecular flexibility index (Phi) is 5.88. The van der Waals surface area contributed by atoms with Gasteiger partial charge in [-0.1, -0.05) is 73.6 Å². The number of thiophene rings is 1. The van der Waals surface area contributed by atoms with Gasteiger partial charge in [-0.25, -0.2) is 0 Å². The average molecular weight is 408 g/mol. The summed E-state index contributed by atoms with van der Waals surface area (Å²) in [4.78, 5) is 15.8. The normalized spacial score (nSPS) is 18.8. The van der Waals surface area contributed by atoms with Gasteiger partial charge in [-0.05, 0) is 34.2 Å². The second-order valence-corrected chi connectivity index (χ2v) is 8.75. The molecule has 0 unspecified atom stereocenters. The highest BCUT2D eigenvalue weighted by Crippen LogP contribution is 2.32. The third kappa shape index (κ3) is 4.03. The van der Waals surface area contributed by atoms with Crippen molar-refractivity contribution in [2.24, 2.45) is 10.2 Å². The van der Waals surface area contributed by atoms with E-state index in [1.165, 1.54) is 22.5 Å². The fourth-order valence-corrected chi connectivity index (χ4v) is 5.07. The monoisotopic (exact) mass is 407 g/mol. The van der Waals surface area contributed by atoms with Crippen molar-refractivity contribution in [2.45, 2.75) is 31.6 Å². The highest BCUT2D eigenvalue weighted by molar-refractivity contribution is 8.15. The molecule has 1 fully saturated rings. The smallest absolute Gasteiger partial charge is 0.242 e. The van der Waals surface area contributed by atoms with Crippen molar-refractivity contribution in [3.05, 3.63) is 70.4 Å². The minimum Gasteiger partial charge on any atom is -0.284 e. The Bertz CT molecular complexity index is 1020. The highest BCUT2D eigenvalue weighted by Gasteiger charge is 2.37. The molecule has 1 amide bonds. The lowest BCUT2D eigenvalue weighted by molar-refractivity contribution is -0.126. The Labute approximate surface area is 173 Å². The fraction of sp³-hybridized carbons (Fsp3) is 0.227. The van der Waals surface area contributed by atoms with Gasteiger partial charge in [0.05, 0.1) is 18.0 Å². The molecule has 4 nitrogen and oxygen atoms in total. The molecule has 6 heteroatoms. The second kappa shape index (κ2) is 8.71. The van der Waals surface area contributed by atoms with E-state index in [9.17, 15) is 4.79 Å². The number of amides is 1. The van der Waals surface area contributed by atoms with E-state index >= 15 is 0 Å². The predicted molar refractivity (Wildman–Crippen MR) is 120 cm³/mol. The van der Waals surface area contributed by atoms with Gasteiger partial charge in [-0.2, -0.15) is 5.10 Å². The lowest BCUT2D eigenvalue weighted by Crippen LogP contribution is -2.31.